The van der Waals surface area contributed by atoms with Crippen LogP contribution in [0.3, 0.4) is 0 Å². The Kier molecular flexibility index (Phi) is 5.43. The number of rotatable bonds is 6. The molecule has 0 spiro atoms. The summed E-state index contributed by atoms with van der Waals surface area (Å²) in [6.45, 7) is 5.47. The van der Waals surface area contributed by atoms with E-state index in [0.717, 1.165) is 29.7 Å². The number of hydrogen-bond acceptors (Lipinski definition) is 2. The average Bonchev–Trinajstić information content (AvgIpc) is 2.26. The lowest BCUT2D eigenvalue weighted by atomic mass is 10.2. The lowest BCUT2D eigenvalue weighted by Gasteiger charge is -2.08. The molecular weight excluding hydrogens is 254 g/mol. The number of methoxy groups -OCH3 is 1. The maximum Gasteiger partial charge on any atom is 0.119 e. The molecule has 0 fully saturated rings. The van der Waals surface area contributed by atoms with Gasteiger partial charge in [0, 0.05) is 11.0 Å². The fourth-order valence-corrected chi connectivity index (χ4v) is 1.63. The molecule has 3 heteroatoms. The molecule has 0 heterocycles. The van der Waals surface area contributed by atoms with E-state index in [-0.39, 0.29) is 0 Å². The van der Waals surface area contributed by atoms with Crippen molar-refractivity contribution in [1.29, 1.82) is 0 Å². The molecular formula is C12H16BrNO. The van der Waals surface area contributed by atoms with Crippen molar-refractivity contribution in [2.45, 2.75) is 13.0 Å². The van der Waals surface area contributed by atoms with Gasteiger partial charge in [0.2, 0.25) is 0 Å². The summed E-state index contributed by atoms with van der Waals surface area (Å²) in [5.74, 6) is 0.888. The first-order valence-corrected chi connectivity index (χ1v) is 5.71. The topological polar surface area (TPSA) is 21.3 Å². The van der Waals surface area contributed by atoms with Crippen molar-refractivity contribution in [1.82, 2.24) is 5.32 Å². The molecule has 1 aromatic carbocycles. The number of halogens is 1. The van der Waals surface area contributed by atoms with Gasteiger partial charge in [-0.15, -0.1) is 6.58 Å². The van der Waals surface area contributed by atoms with Gasteiger partial charge in [-0.05, 0) is 36.7 Å². The molecule has 0 saturated heterocycles. The van der Waals surface area contributed by atoms with Crippen molar-refractivity contribution >= 4 is 15.9 Å². The van der Waals surface area contributed by atoms with E-state index in [2.05, 4.69) is 27.8 Å². The molecule has 0 aromatic heterocycles. The van der Waals surface area contributed by atoms with Crippen LogP contribution in [0.1, 0.15) is 12.0 Å². The van der Waals surface area contributed by atoms with Gasteiger partial charge in [-0.3, -0.25) is 0 Å². The van der Waals surface area contributed by atoms with Crippen molar-refractivity contribution in [3.05, 3.63) is 40.9 Å². The van der Waals surface area contributed by atoms with E-state index in [4.69, 9.17) is 4.74 Å². The van der Waals surface area contributed by atoms with Crippen LogP contribution in [0.15, 0.2) is 35.3 Å². The lowest BCUT2D eigenvalue weighted by Crippen LogP contribution is -2.14. The molecule has 0 radical (unpaired) electrons. The molecule has 1 rings (SSSR count). The van der Waals surface area contributed by atoms with Gasteiger partial charge in [0.05, 0.1) is 7.11 Å². The SMILES string of the molecule is C=CCCNCc1cc(OC)ccc1Br. The zero-order valence-corrected chi connectivity index (χ0v) is 10.5. The molecule has 82 valence electrons. The van der Waals surface area contributed by atoms with Gasteiger partial charge in [-0.25, -0.2) is 0 Å². The summed E-state index contributed by atoms with van der Waals surface area (Å²) in [5.41, 5.74) is 1.21. The molecule has 0 aliphatic rings. The first-order valence-electron chi connectivity index (χ1n) is 4.92. The van der Waals surface area contributed by atoms with E-state index in [0.29, 0.717) is 0 Å². The standard InChI is InChI=1S/C12H16BrNO/c1-3-4-7-14-9-10-8-11(15-2)5-6-12(10)13/h3,5-6,8,14H,1,4,7,9H2,2H3. The third-order valence-electron chi connectivity index (χ3n) is 2.09. The predicted molar refractivity (Wildman–Crippen MR) is 67.2 cm³/mol. The molecule has 0 bridgehead atoms. The molecule has 0 amide bonds. The fourth-order valence-electron chi connectivity index (χ4n) is 1.24. The average molecular weight is 270 g/mol. The summed E-state index contributed by atoms with van der Waals surface area (Å²) in [7, 11) is 1.68. The molecule has 0 aliphatic heterocycles. The zero-order chi connectivity index (χ0) is 11.1. The van der Waals surface area contributed by atoms with Crippen molar-refractivity contribution < 1.29 is 4.74 Å². The second-order valence-corrected chi connectivity index (χ2v) is 4.07. The van der Waals surface area contributed by atoms with Crippen LogP contribution in [0.2, 0.25) is 0 Å². The van der Waals surface area contributed by atoms with Crippen molar-refractivity contribution in [2.24, 2.45) is 0 Å². The van der Waals surface area contributed by atoms with E-state index in [9.17, 15) is 0 Å². The summed E-state index contributed by atoms with van der Waals surface area (Å²) in [5, 5.41) is 3.34. The summed E-state index contributed by atoms with van der Waals surface area (Å²) in [4.78, 5) is 0. The minimum absolute atomic E-state index is 0.839. The number of hydrogen-bond donors (Lipinski definition) is 1. The number of benzene rings is 1. The Morgan fingerprint density at radius 3 is 3.00 bits per heavy atom. The van der Waals surface area contributed by atoms with E-state index < -0.39 is 0 Å². The Bertz CT molecular complexity index is 325. The largest absolute Gasteiger partial charge is 0.497 e. The van der Waals surface area contributed by atoms with Crippen LogP contribution in [0.4, 0.5) is 0 Å². The quantitative estimate of drug-likeness (QED) is 0.633. The normalized spacial score (nSPS) is 10.0. The maximum atomic E-state index is 5.17. The van der Waals surface area contributed by atoms with Crippen molar-refractivity contribution in [2.75, 3.05) is 13.7 Å². The summed E-state index contributed by atoms with van der Waals surface area (Å²) in [6.07, 6.45) is 2.90. The van der Waals surface area contributed by atoms with E-state index in [1.807, 2.05) is 24.3 Å². The predicted octanol–water partition coefficient (Wildman–Crippen LogP) is 3.12. The molecule has 1 N–H and O–H groups in total. The number of ether oxygens (including phenoxy) is 1. The molecule has 2 nitrogen and oxygen atoms in total. The van der Waals surface area contributed by atoms with Crippen LogP contribution >= 0.6 is 15.9 Å². The molecule has 0 unspecified atom stereocenters. The minimum atomic E-state index is 0.839. The Balaban J connectivity index is 2.54. The van der Waals surface area contributed by atoms with Gasteiger partial charge in [-0.2, -0.15) is 0 Å². The molecule has 1 aromatic rings. The maximum absolute atomic E-state index is 5.17. The lowest BCUT2D eigenvalue weighted by molar-refractivity contribution is 0.414. The molecule has 0 aliphatic carbocycles. The summed E-state index contributed by atoms with van der Waals surface area (Å²) in [6, 6.07) is 5.98. The van der Waals surface area contributed by atoms with Crippen LogP contribution in [0, 0.1) is 0 Å². The van der Waals surface area contributed by atoms with Gasteiger partial charge in [0.15, 0.2) is 0 Å². The van der Waals surface area contributed by atoms with Crippen LogP contribution in [0.25, 0.3) is 0 Å². The highest BCUT2D eigenvalue weighted by molar-refractivity contribution is 9.10. The molecule has 0 saturated carbocycles. The Morgan fingerprint density at radius 2 is 2.33 bits per heavy atom. The molecule has 15 heavy (non-hydrogen) atoms. The van der Waals surface area contributed by atoms with Crippen LogP contribution in [-0.4, -0.2) is 13.7 Å². The van der Waals surface area contributed by atoms with Gasteiger partial charge >= 0.3 is 0 Å². The highest BCUT2D eigenvalue weighted by Crippen LogP contribution is 2.22. The van der Waals surface area contributed by atoms with E-state index in [1.54, 1.807) is 7.11 Å². The second-order valence-electron chi connectivity index (χ2n) is 3.21. The third-order valence-corrected chi connectivity index (χ3v) is 2.87. The Morgan fingerprint density at radius 1 is 1.53 bits per heavy atom. The first kappa shape index (κ1) is 12.3. The highest BCUT2D eigenvalue weighted by Gasteiger charge is 2.01. The van der Waals surface area contributed by atoms with Gasteiger partial charge < -0.3 is 10.1 Å². The smallest absolute Gasteiger partial charge is 0.119 e. The third kappa shape index (κ3) is 4.06. The first-order chi connectivity index (χ1) is 7.27. The Hall–Kier alpha value is -0.800. The minimum Gasteiger partial charge on any atom is -0.497 e. The van der Waals surface area contributed by atoms with E-state index in [1.165, 1.54) is 5.56 Å². The van der Waals surface area contributed by atoms with Gasteiger partial charge in [-0.1, -0.05) is 22.0 Å². The van der Waals surface area contributed by atoms with Crippen LogP contribution in [0.5, 0.6) is 5.75 Å². The summed E-state index contributed by atoms with van der Waals surface area (Å²) < 4.78 is 6.28. The van der Waals surface area contributed by atoms with Crippen molar-refractivity contribution in [3.63, 3.8) is 0 Å². The highest BCUT2D eigenvalue weighted by atomic mass is 79.9. The zero-order valence-electron chi connectivity index (χ0n) is 8.92. The monoisotopic (exact) mass is 269 g/mol. The van der Waals surface area contributed by atoms with Crippen molar-refractivity contribution in [3.8, 4) is 5.75 Å². The summed E-state index contributed by atoms with van der Waals surface area (Å²) >= 11 is 3.51. The molecule has 0 atom stereocenters. The van der Waals surface area contributed by atoms with E-state index >= 15 is 0 Å². The van der Waals surface area contributed by atoms with Crippen LogP contribution < -0.4 is 10.1 Å². The Labute approximate surface area is 99.5 Å². The van der Waals surface area contributed by atoms with Crippen LogP contribution in [-0.2, 0) is 6.54 Å². The van der Waals surface area contributed by atoms with Gasteiger partial charge in [0.25, 0.3) is 0 Å². The van der Waals surface area contributed by atoms with Gasteiger partial charge in [0.1, 0.15) is 5.75 Å². The number of nitrogens with one attached hydrogen (secondary N) is 1. The fraction of sp³-hybridized carbons (Fsp3) is 0.333. The second kappa shape index (κ2) is 6.64.